The van der Waals surface area contributed by atoms with Crippen LogP contribution in [0.15, 0.2) is 0 Å². The molecule has 0 saturated carbocycles. The number of ether oxygens (including phenoxy) is 2. The summed E-state index contributed by atoms with van der Waals surface area (Å²) in [7, 11) is 0. The molecular weight excluding hydrogens is 208 g/mol. The van der Waals surface area contributed by atoms with Gasteiger partial charge in [-0.15, -0.1) is 0 Å². The molecule has 2 aliphatic heterocycles. The first kappa shape index (κ1) is 11.7. The van der Waals surface area contributed by atoms with Crippen LogP contribution in [0, 0.1) is 5.92 Å². The molecule has 1 N–H and O–H groups in total. The minimum absolute atomic E-state index is 0.186. The van der Waals surface area contributed by atoms with Crippen molar-refractivity contribution >= 4 is 6.09 Å². The molecule has 1 unspecified atom stereocenters. The second-order valence-electron chi connectivity index (χ2n) is 4.36. The van der Waals surface area contributed by atoms with Crippen LogP contribution in [-0.2, 0) is 9.47 Å². The maximum Gasteiger partial charge on any atom is 0.409 e. The number of carbonyl (C=O) groups is 1. The van der Waals surface area contributed by atoms with Gasteiger partial charge in [0.05, 0.1) is 19.8 Å². The van der Waals surface area contributed by atoms with Crippen molar-refractivity contribution in [1.29, 1.82) is 0 Å². The molecule has 0 aromatic heterocycles. The molecule has 5 nitrogen and oxygen atoms in total. The summed E-state index contributed by atoms with van der Waals surface area (Å²) in [6.07, 6.45) is 1.99. The Labute approximate surface area is 96.1 Å². The van der Waals surface area contributed by atoms with Crippen molar-refractivity contribution in [3.8, 4) is 0 Å². The third-order valence-electron chi connectivity index (χ3n) is 3.18. The summed E-state index contributed by atoms with van der Waals surface area (Å²) in [5, 5.41) is 3.31. The number of amides is 1. The highest BCUT2D eigenvalue weighted by Crippen LogP contribution is 2.12. The van der Waals surface area contributed by atoms with Gasteiger partial charge >= 0.3 is 6.09 Å². The van der Waals surface area contributed by atoms with Crippen molar-refractivity contribution in [2.75, 3.05) is 46.0 Å². The van der Waals surface area contributed by atoms with Gasteiger partial charge in [0.1, 0.15) is 0 Å². The van der Waals surface area contributed by atoms with Crippen molar-refractivity contribution in [3.63, 3.8) is 0 Å². The predicted octanol–water partition coefficient (Wildman–Crippen LogP) is 0.455. The molecule has 0 bridgehead atoms. The fourth-order valence-corrected chi connectivity index (χ4v) is 2.11. The standard InChI is InChI=1S/C11H20N2O3/c14-11(13-4-7-15-8-5-13)16-6-2-10-1-3-12-9-10/h10,12H,1-9H2. The summed E-state index contributed by atoms with van der Waals surface area (Å²) in [5.41, 5.74) is 0. The number of rotatable bonds is 3. The van der Waals surface area contributed by atoms with Crippen molar-refractivity contribution in [2.24, 2.45) is 5.92 Å². The van der Waals surface area contributed by atoms with E-state index in [1.807, 2.05) is 0 Å². The van der Waals surface area contributed by atoms with E-state index in [0.717, 1.165) is 19.5 Å². The maximum atomic E-state index is 11.6. The van der Waals surface area contributed by atoms with Crippen LogP contribution in [0.4, 0.5) is 4.79 Å². The molecular formula is C11H20N2O3. The van der Waals surface area contributed by atoms with Crippen LogP contribution in [-0.4, -0.2) is 57.0 Å². The van der Waals surface area contributed by atoms with Crippen molar-refractivity contribution in [3.05, 3.63) is 0 Å². The van der Waals surface area contributed by atoms with Crippen LogP contribution < -0.4 is 5.32 Å². The molecule has 2 fully saturated rings. The summed E-state index contributed by atoms with van der Waals surface area (Å²) in [6, 6.07) is 0. The maximum absolute atomic E-state index is 11.6. The monoisotopic (exact) mass is 228 g/mol. The molecule has 0 aromatic carbocycles. The van der Waals surface area contributed by atoms with Gasteiger partial charge < -0.3 is 19.7 Å². The lowest BCUT2D eigenvalue weighted by atomic mass is 10.1. The van der Waals surface area contributed by atoms with Gasteiger partial charge in [0.25, 0.3) is 0 Å². The Balaban J connectivity index is 1.59. The molecule has 1 atom stereocenters. The summed E-state index contributed by atoms with van der Waals surface area (Å²) >= 11 is 0. The Hall–Kier alpha value is -0.810. The van der Waals surface area contributed by atoms with E-state index in [0.29, 0.717) is 38.8 Å². The van der Waals surface area contributed by atoms with E-state index < -0.39 is 0 Å². The minimum Gasteiger partial charge on any atom is -0.449 e. The summed E-state index contributed by atoms with van der Waals surface area (Å²) in [4.78, 5) is 13.3. The van der Waals surface area contributed by atoms with Gasteiger partial charge in [-0.1, -0.05) is 0 Å². The van der Waals surface area contributed by atoms with Crippen LogP contribution >= 0.6 is 0 Å². The van der Waals surface area contributed by atoms with Crippen LogP contribution in [0.1, 0.15) is 12.8 Å². The lowest BCUT2D eigenvalue weighted by molar-refractivity contribution is 0.0260. The normalized spacial score (nSPS) is 25.8. The third-order valence-corrected chi connectivity index (χ3v) is 3.18. The molecule has 0 spiro atoms. The van der Waals surface area contributed by atoms with E-state index in [2.05, 4.69) is 5.32 Å². The highest BCUT2D eigenvalue weighted by Gasteiger charge is 2.19. The number of morpholine rings is 1. The Bertz CT molecular complexity index is 223. The Morgan fingerprint density at radius 1 is 1.44 bits per heavy atom. The van der Waals surface area contributed by atoms with E-state index in [4.69, 9.17) is 9.47 Å². The largest absolute Gasteiger partial charge is 0.449 e. The van der Waals surface area contributed by atoms with E-state index in [1.165, 1.54) is 6.42 Å². The highest BCUT2D eigenvalue weighted by molar-refractivity contribution is 5.67. The number of nitrogens with one attached hydrogen (secondary N) is 1. The first-order valence-corrected chi connectivity index (χ1v) is 6.06. The van der Waals surface area contributed by atoms with Gasteiger partial charge in [0, 0.05) is 13.1 Å². The van der Waals surface area contributed by atoms with Crippen LogP contribution in [0.3, 0.4) is 0 Å². The minimum atomic E-state index is -0.186. The van der Waals surface area contributed by atoms with Gasteiger partial charge in [-0.05, 0) is 31.8 Å². The average Bonchev–Trinajstić information content (AvgIpc) is 2.83. The second-order valence-corrected chi connectivity index (χ2v) is 4.36. The van der Waals surface area contributed by atoms with E-state index in [9.17, 15) is 4.79 Å². The summed E-state index contributed by atoms with van der Waals surface area (Å²) < 4.78 is 10.4. The topological polar surface area (TPSA) is 50.8 Å². The van der Waals surface area contributed by atoms with Crippen LogP contribution in [0.2, 0.25) is 0 Å². The number of nitrogens with zero attached hydrogens (tertiary/aromatic N) is 1. The molecule has 1 amide bonds. The van der Waals surface area contributed by atoms with Crippen LogP contribution in [0.5, 0.6) is 0 Å². The quantitative estimate of drug-likeness (QED) is 0.762. The fraction of sp³-hybridized carbons (Fsp3) is 0.909. The van der Waals surface area contributed by atoms with Crippen LogP contribution in [0.25, 0.3) is 0 Å². The molecule has 0 aromatic rings. The average molecular weight is 228 g/mol. The molecule has 16 heavy (non-hydrogen) atoms. The molecule has 5 heteroatoms. The molecule has 0 radical (unpaired) electrons. The number of hydrogen-bond acceptors (Lipinski definition) is 4. The fourth-order valence-electron chi connectivity index (χ4n) is 2.11. The van der Waals surface area contributed by atoms with Gasteiger partial charge in [-0.3, -0.25) is 0 Å². The van der Waals surface area contributed by atoms with Gasteiger partial charge in [-0.2, -0.15) is 0 Å². The second kappa shape index (κ2) is 6.06. The smallest absolute Gasteiger partial charge is 0.409 e. The number of hydrogen-bond donors (Lipinski definition) is 1. The Kier molecular flexibility index (Phi) is 4.42. The lowest BCUT2D eigenvalue weighted by Gasteiger charge is -2.26. The van der Waals surface area contributed by atoms with E-state index in [1.54, 1.807) is 4.90 Å². The first-order valence-electron chi connectivity index (χ1n) is 6.06. The summed E-state index contributed by atoms with van der Waals surface area (Å²) in [6.45, 7) is 5.27. The van der Waals surface area contributed by atoms with Crippen molar-refractivity contribution in [1.82, 2.24) is 10.2 Å². The zero-order valence-electron chi connectivity index (χ0n) is 9.61. The Morgan fingerprint density at radius 2 is 2.25 bits per heavy atom. The van der Waals surface area contributed by atoms with Gasteiger partial charge in [-0.25, -0.2) is 4.79 Å². The molecule has 2 aliphatic rings. The van der Waals surface area contributed by atoms with E-state index >= 15 is 0 Å². The van der Waals surface area contributed by atoms with Gasteiger partial charge in [0.2, 0.25) is 0 Å². The molecule has 0 aliphatic carbocycles. The highest BCUT2D eigenvalue weighted by atomic mass is 16.6. The van der Waals surface area contributed by atoms with E-state index in [-0.39, 0.29) is 6.09 Å². The van der Waals surface area contributed by atoms with Crippen molar-refractivity contribution < 1.29 is 14.3 Å². The molecule has 2 saturated heterocycles. The Morgan fingerprint density at radius 3 is 2.94 bits per heavy atom. The predicted molar refractivity (Wildman–Crippen MR) is 59.3 cm³/mol. The van der Waals surface area contributed by atoms with Gasteiger partial charge in [0.15, 0.2) is 0 Å². The molecule has 2 rings (SSSR count). The third kappa shape index (κ3) is 3.35. The first-order chi connectivity index (χ1) is 7.86. The lowest BCUT2D eigenvalue weighted by Crippen LogP contribution is -2.41. The zero-order valence-corrected chi connectivity index (χ0v) is 9.61. The summed E-state index contributed by atoms with van der Waals surface area (Å²) in [5.74, 6) is 0.678. The SMILES string of the molecule is O=C(OCCC1CCNC1)N1CCOCC1. The zero-order chi connectivity index (χ0) is 11.2. The van der Waals surface area contributed by atoms with Crippen molar-refractivity contribution in [2.45, 2.75) is 12.8 Å². The number of carbonyl (C=O) groups excluding carboxylic acids is 1. The molecule has 92 valence electrons. The molecule has 2 heterocycles.